The molecule has 1 atom stereocenters. The Morgan fingerprint density at radius 2 is 2.05 bits per heavy atom. The maximum absolute atomic E-state index is 5.23. The van der Waals surface area contributed by atoms with E-state index in [2.05, 4.69) is 46.4 Å². The van der Waals surface area contributed by atoms with Crippen molar-refractivity contribution in [2.45, 2.75) is 38.1 Å². The number of hydrogen-bond acceptors (Lipinski definition) is 2. The summed E-state index contributed by atoms with van der Waals surface area (Å²) in [6.45, 7) is 5.10. The van der Waals surface area contributed by atoms with Gasteiger partial charge < -0.3 is 15.0 Å². The fourth-order valence-corrected chi connectivity index (χ4v) is 2.90. The monoisotopic (exact) mass is 287 g/mol. The Morgan fingerprint density at radius 3 is 2.67 bits per heavy atom. The second kappa shape index (κ2) is 6.37. The van der Waals surface area contributed by atoms with Crippen molar-refractivity contribution >= 4 is 5.96 Å². The fraction of sp³-hybridized carbons (Fsp3) is 0.588. The third-order valence-corrected chi connectivity index (χ3v) is 4.29. The van der Waals surface area contributed by atoms with E-state index >= 15 is 0 Å². The molecule has 21 heavy (non-hydrogen) atoms. The van der Waals surface area contributed by atoms with Gasteiger partial charge in [0, 0.05) is 31.6 Å². The van der Waals surface area contributed by atoms with Crippen LogP contribution in [0.4, 0.5) is 0 Å². The molecule has 3 rings (SSSR count). The average Bonchev–Trinajstić information content (AvgIpc) is 3.20. The first kappa shape index (κ1) is 14.2. The van der Waals surface area contributed by atoms with Crippen LogP contribution in [0, 0.1) is 0 Å². The number of hydrogen-bond donors (Lipinski definition) is 1. The molecule has 1 unspecified atom stereocenters. The molecule has 0 bridgehead atoms. The summed E-state index contributed by atoms with van der Waals surface area (Å²) < 4.78 is 5.23. The van der Waals surface area contributed by atoms with Crippen LogP contribution in [0.15, 0.2) is 29.3 Å². The highest BCUT2D eigenvalue weighted by Gasteiger charge is 2.29. The van der Waals surface area contributed by atoms with E-state index in [0.717, 1.165) is 31.3 Å². The molecule has 114 valence electrons. The molecule has 2 fully saturated rings. The van der Waals surface area contributed by atoms with Crippen LogP contribution >= 0.6 is 0 Å². The van der Waals surface area contributed by atoms with Crippen molar-refractivity contribution in [3.05, 3.63) is 29.8 Å². The number of guanidine groups is 1. The Bertz CT molecular complexity index is 493. The maximum atomic E-state index is 5.23. The Morgan fingerprint density at radius 1 is 1.29 bits per heavy atom. The van der Waals surface area contributed by atoms with Crippen LogP contribution in [0.25, 0.3) is 0 Å². The van der Waals surface area contributed by atoms with Gasteiger partial charge in [-0.1, -0.05) is 12.1 Å². The first-order chi connectivity index (χ1) is 10.3. The molecule has 1 aromatic carbocycles. The summed E-state index contributed by atoms with van der Waals surface area (Å²) in [7, 11) is 1.71. The summed E-state index contributed by atoms with van der Waals surface area (Å²) in [4.78, 5) is 7.07. The van der Waals surface area contributed by atoms with E-state index in [9.17, 15) is 0 Å². The molecular formula is C17H25N3O. The summed E-state index contributed by atoms with van der Waals surface area (Å²) in [5, 5.41) is 3.58. The van der Waals surface area contributed by atoms with Gasteiger partial charge in [0.1, 0.15) is 5.75 Å². The van der Waals surface area contributed by atoms with Crippen molar-refractivity contribution < 1.29 is 4.74 Å². The Kier molecular flexibility index (Phi) is 4.32. The SMILES string of the molecule is CCN=C(NC1CC1)N1CCC(c2ccc(OC)cc2)C1. The molecule has 1 aliphatic heterocycles. The van der Waals surface area contributed by atoms with Crippen LogP contribution in [0.1, 0.15) is 37.7 Å². The van der Waals surface area contributed by atoms with E-state index in [4.69, 9.17) is 4.74 Å². The van der Waals surface area contributed by atoms with Crippen molar-refractivity contribution in [1.29, 1.82) is 0 Å². The van der Waals surface area contributed by atoms with Crippen molar-refractivity contribution in [3.63, 3.8) is 0 Å². The topological polar surface area (TPSA) is 36.9 Å². The Balaban J connectivity index is 1.64. The second-order valence-corrected chi connectivity index (χ2v) is 5.92. The standard InChI is InChI=1S/C17H25N3O/c1-3-18-17(19-15-6-7-15)20-11-10-14(12-20)13-4-8-16(21-2)9-5-13/h4-5,8-9,14-15H,3,6-7,10-12H2,1-2H3,(H,18,19). The quantitative estimate of drug-likeness (QED) is 0.683. The van der Waals surface area contributed by atoms with Gasteiger partial charge in [-0.2, -0.15) is 0 Å². The summed E-state index contributed by atoms with van der Waals surface area (Å²) in [5.41, 5.74) is 1.40. The minimum absolute atomic E-state index is 0.596. The summed E-state index contributed by atoms with van der Waals surface area (Å²) in [6, 6.07) is 9.16. The number of nitrogens with one attached hydrogen (secondary N) is 1. The molecule has 1 aliphatic carbocycles. The van der Waals surface area contributed by atoms with Gasteiger partial charge in [0.2, 0.25) is 0 Å². The summed E-state index contributed by atoms with van der Waals surface area (Å²) in [6.07, 6.45) is 3.78. The van der Waals surface area contributed by atoms with Crippen LogP contribution in [0.2, 0.25) is 0 Å². The van der Waals surface area contributed by atoms with Crippen molar-refractivity contribution in [1.82, 2.24) is 10.2 Å². The van der Waals surface area contributed by atoms with E-state index in [0.29, 0.717) is 12.0 Å². The second-order valence-electron chi connectivity index (χ2n) is 5.92. The smallest absolute Gasteiger partial charge is 0.194 e. The van der Waals surface area contributed by atoms with E-state index in [1.807, 2.05) is 0 Å². The van der Waals surface area contributed by atoms with E-state index < -0.39 is 0 Å². The van der Waals surface area contributed by atoms with Crippen molar-refractivity contribution in [2.75, 3.05) is 26.7 Å². The highest BCUT2D eigenvalue weighted by Crippen LogP contribution is 2.29. The lowest BCUT2D eigenvalue weighted by Crippen LogP contribution is -2.41. The predicted molar refractivity (Wildman–Crippen MR) is 86.1 cm³/mol. The number of aliphatic imine (C=N–C) groups is 1. The third-order valence-electron chi connectivity index (χ3n) is 4.29. The molecule has 1 N–H and O–H groups in total. The van der Waals surface area contributed by atoms with Gasteiger partial charge in [-0.25, -0.2) is 0 Å². The normalized spacial score (nSPS) is 22.5. The van der Waals surface area contributed by atoms with E-state index in [1.54, 1.807) is 7.11 Å². The summed E-state index contributed by atoms with van der Waals surface area (Å²) >= 11 is 0. The zero-order valence-electron chi connectivity index (χ0n) is 13.0. The number of nitrogens with zero attached hydrogens (tertiary/aromatic N) is 2. The zero-order chi connectivity index (χ0) is 14.7. The number of rotatable bonds is 4. The van der Waals surface area contributed by atoms with Gasteiger partial charge in [-0.05, 0) is 43.9 Å². The number of benzene rings is 1. The molecule has 1 saturated carbocycles. The van der Waals surface area contributed by atoms with Crippen LogP contribution < -0.4 is 10.1 Å². The Hall–Kier alpha value is -1.71. The Labute approximate surface area is 127 Å². The minimum atomic E-state index is 0.596. The van der Waals surface area contributed by atoms with Gasteiger partial charge in [0.25, 0.3) is 0 Å². The number of methoxy groups -OCH3 is 1. The van der Waals surface area contributed by atoms with Gasteiger partial charge in [-0.3, -0.25) is 4.99 Å². The first-order valence-corrected chi connectivity index (χ1v) is 8.00. The lowest BCUT2D eigenvalue weighted by atomic mass is 9.98. The van der Waals surface area contributed by atoms with Crippen LogP contribution in [-0.4, -0.2) is 43.6 Å². The minimum Gasteiger partial charge on any atom is -0.497 e. The molecule has 4 heteroatoms. The maximum Gasteiger partial charge on any atom is 0.194 e. The number of ether oxygens (including phenoxy) is 1. The van der Waals surface area contributed by atoms with Gasteiger partial charge in [-0.15, -0.1) is 0 Å². The first-order valence-electron chi connectivity index (χ1n) is 8.00. The van der Waals surface area contributed by atoms with Crippen LogP contribution in [-0.2, 0) is 0 Å². The molecular weight excluding hydrogens is 262 g/mol. The average molecular weight is 287 g/mol. The third kappa shape index (κ3) is 3.49. The largest absolute Gasteiger partial charge is 0.497 e. The lowest BCUT2D eigenvalue weighted by Gasteiger charge is -2.22. The van der Waals surface area contributed by atoms with Crippen LogP contribution in [0.5, 0.6) is 5.75 Å². The fourth-order valence-electron chi connectivity index (χ4n) is 2.90. The number of likely N-dealkylation sites (tertiary alicyclic amines) is 1. The predicted octanol–water partition coefficient (Wildman–Crippen LogP) is 2.61. The molecule has 0 aromatic heterocycles. The van der Waals surface area contributed by atoms with Crippen molar-refractivity contribution in [2.24, 2.45) is 4.99 Å². The van der Waals surface area contributed by atoms with Crippen molar-refractivity contribution in [3.8, 4) is 5.75 Å². The van der Waals surface area contributed by atoms with Gasteiger partial charge >= 0.3 is 0 Å². The zero-order valence-corrected chi connectivity index (χ0v) is 13.0. The highest BCUT2D eigenvalue weighted by atomic mass is 16.5. The molecule has 2 aliphatic rings. The molecule has 0 radical (unpaired) electrons. The molecule has 1 heterocycles. The molecule has 1 aromatic rings. The lowest BCUT2D eigenvalue weighted by molar-refractivity contribution is 0.414. The van der Waals surface area contributed by atoms with E-state index in [1.165, 1.54) is 24.8 Å². The molecule has 0 amide bonds. The molecule has 1 saturated heterocycles. The molecule has 4 nitrogen and oxygen atoms in total. The molecule has 0 spiro atoms. The van der Waals surface area contributed by atoms with Gasteiger partial charge in [0.05, 0.1) is 7.11 Å². The summed E-state index contributed by atoms with van der Waals surface area (Å²) in [5.74, 6) is 2.63. The van der Waals surface area contributed by atoms with Gasteiger partial charge in [0.15, 0.2) is 5.96 Å². The van der Waals surface area contributed by atoms with Crippen LogP contribution in [0.3, 0.4) is 0 Å². The van der Waals surface area contributed by atoms with E-state index in [-0.39, 0.29) is 0 Å². The highest BCUT2D eigenvalue weighted by molar-refractivity contribution is 5.81.